The van der Waals surface area contributed by atoms with Crippen molar-refractivity contribution in [1.82, 2.24) is 5.32 Å². The molecule has 100 valence electrons. The zero-order valence-electron chi connectivity index (χ0n) is 9.57. The van der Waals surface area contributed by atoms with Gasteiger partial charge in [-0.3, -0.25) is 4.79 Å². The van der Waals surface area contributed by atoms with Gasteiger partial charge in [0.15, 0.2) is 0 Å². The van der Waals surface area contributed by atoms with Gasteiger partial charge in [0.2, 0.25) is 5.91 Å². The highest BCUT2D eigenvalue weighted by molar-refractivity contribution is 6.31. The fourth-order valence-corrected chi connectivity index (χ4v) is 1.52. The Morgan fingerprint density at radius 1 is 1.39 bits per heavy atom. The molecule has 0 bridgehead atoms. The Balaban J connectivity index is 2.77. The van der Waals surface area contributed by atoms with Gasteiger partial charge in [0.1, 0.15) is 0 Å². The molecule has 1 amide bonds. The topological polar surface area (TPSA) is 41.1 Å². The minimum atomic E-state index is -4.51. The van der Waals surface area contributed by atoms with Crippen LogP contribution in [0.2, 0.25) is 5.02 Å². The highest BCUT2D eigenvalue weighted by Crippen LogP contribution is 2.36. The molecule has 0 atom stereocenters. The molecular formula is C11H12ClF3N2O. The number of likely N-dealkylation sites (N-methyl/N-ethyl adjacent to an activating group) is 1. The van der Waals surface area contributed by atoms with E-state index in [1.807, 2.05) is 0 Å². The second-order valence-electron chi connectivity index (χ2n) is 3.50. The molecule has 0 aliphatic heterocycles. The minimum absolute atomic E-state index is 0.0905. The van der Waals surface area contributed by atoms with Crippen molar-refractivity contribution in [3.05, 3.63) is 28.8 Å². The maximum atomic E-state index is 12.6. The molecule has 0 aliphatic rings. The maximum Gasteiger partial charge on any atom is 0.417 e. The lowest BCUT2D eigenvalue weighted by Crippen LogP contribution is -2.29. The van der Waals surface area contributed by atoms with Crippen LogP contribution in [0.25, 0.3) is 0 Å². The van der Waals surface area contributed by atoms with Gasteiger partial charge in [-0.15, -0.1) is 0 Å². The van der Waals surface area contributed by atoms with Crippen molar-refractivity contribution in [2.45, 2.75) is 13.1 Å². The number of nitrogens with one attached hydrogen (secondary N) is 2. The van der Waals surface area contributed by atoms with Crippen molar-refractivity contribution in [1.29, 1.82) is 0 Å². The maximum absolute atomic E-state index is 12.6. The lowest BCUT2D eigenvalue weighted by Gasteiger charge is -2.12. The Hall–Kier alpha value is -1.43. The van der Waals surface area contributed by atoms with E-state index < -0.39 is 11.7 Å². The van der Waals surface area contributed by atoms with Gasteiger partial charge in [-0.1, -0.05) is 11.6 Å². The van der Waals surface area contributed by atoms with E-state index in [1.165, 1.54) is 6.07 Å². The lowest BCUT2D eigenvalue weighted by molar-refractivity contribution is -0.137. The lowest BCUT2D eigenvalue weighted by atomic mass is 10.2. The monoisotopic (exact) mass is 280 g/mol. The van der Waals surface area contributed by atoms with Gasteiger partial charge in [-0.25, -0.2) is 0 Å². The third-order valence-electron chi connectivity index (χ3n) is 2.10. The van der Waals surface area contributed by atoms with Gasteiger partial charge in [0.25, 0.3) is 0 Å². The predicted molar refractivity (Wildman–Crippen MR) is 63.6 cm³/mol. The summed E-state index contributed by atoms with van der Waals surface area (Å²) in [5.74, 6) is -0.291. The van der Waals surface area contributed by atoms with Gasteiger partial charge < -0.3 is 10.6 Å². The molecular weight excluding hydrogens is 269 g/mol. The zero-order chi connectivity index (χ0) is 13.8. The van der Waals surface area contributed by atoms with E-state index in [9.17, 15) is 18.0 Å². The molecule has 0 unspecified atom stereocenters. The normalized spacial score (nSPS) is 11.2. The Bertz CT molecular complexity index is 435. The fourth-order valence-electron chi connectivity index (χ4n) is 1.29. The molecule has 1 aromatic carbocycles. The number of benzene rings is 1. The summed E-state index contributed by atoms with van der Waals surface area (Å²) >= 11 is 5.47. The van der Waals surface area contributed by atoms with Crippen LogP contribution in [0.5, 0.6) is 0 Å². The largest absolute Gasteiger partial charge is 0.417 e. The van der Waals surface area contributed by atoms with Crippen LogP contribution in [0, 0.1) is 0 Å². The van der Waals surface area contributed by atoms with E-state index in [2.05, 4.69) is 10.6 Å². The van der Waals surface area contributed by atoms with Crippen molar-refractivity contribution >= 4 is 23.2 Å². The van der Waals surface area contributed by atoms with Crippen LogP contribution in [0.15, 0.2) is 18.2 Å². The molecule has 0 heterocycles. The van der Waals surface area contributed by atoms with Gasteiger partial charge in [0, 0.05) is 12.2 Å². The summed E-state index contributed by atoms with van der Waals surface area (Å²) < 4.78 is 37.7. The van der Waals surface area contributed by atoms with Gasteiger partial charge >= 0.3 is 6.18 Å². The average Bonchev–Trinajstić information content (AvgIpc) is 2.27. The molecule has 3 nitrogen and oxygen atoms in total. The number of amides is 1. The third kappa shape index (κ3) is 4.10. The summed E-state index contributed by atoms with van der Waals surface area (Å²) in [6, 6.07) is 3.41. The third-order valence-corrected chi connectivity index (χ3v) is 2.43. The minimum Gasteiger partial charge on any atom is -0.376 e. The highest BCUT2D eigenvalue weighted by Gasteiger charge is 2.33. The van der Waals surface area contributed by atoms with E-state index in [0.29, 0.717) is 6.54 Å². The summed E-state index contributed by atoms with van der Waals surface area (Å²) in [6.45, 7) is 2.13. The fraction of sp³-hybridized carbons (Fsp3) is 0.364. The van der Waals surface area contributed by atoms with Crippen molar-refractivity contribution in [3.63, 3.8) is 0 Å². The number of halogens is 4. The zero-order valence-corrected chi connectivity index (χ0v) is 10.3. The molecule has 0 aromatic heterocycles. The van der Waals surface area contributed by atoms with Crippen molar-refractivity contribution in [3.8, 4) is 0 Å². The first kappa shape index (κ1) is 14.6. The summed E-state index contributed by atoms with van der Waals surface area (Å²) in [4.78, 5) is 11.1. The molecule has 1 aromatic rings. The molecule has 0 aliphatic carbocycles. The van der Waals surface area contributed by atoms with Gasteiger partial charge in [-0.05, 0) is 25.1 Å². The SMILES string of the molecule is CCNC(=O)CNc1ccc(Cl)c(C(F)(F)F)c1. The number of anilines is 1. The molecule has 18 heavy (non-hydrogen) atoms. The number of hydrogen-bond acceptors (Lipinski definition) is 2. The second kappa shape index (κ2) is 5.95. The van der Waals surface area contributed by atoms with E-state index in [1.54, 1.807) is 6.92 Å². The first-order valence-corrected chi connectivity index (χ1v) is 5.59. The van der Waals surface area contributed by atoms with Crippen LogP contribution in [0.3, 0.4) is 0 Å². The number of carbonyl (C=O) groups is 1. The first-order chi connectivity index (χ1) is 8.34. The van der Waals surface area contributed by atoms with Crippen LogP contribution >= 0.6 is 11.6 Å². The van der Waals surface area contributed by atoms with Crippen LogP contribution in [-0.4, -0.2) is 19.0 Å². The highest BCUT2D eigenvalue weighted by atomic mass is 35.5. The van der Waals surface area contributed by atoms with Gasteiger partial charge in [0.05, 0.1) is 17.1 Å². The van der Waals surface area contributed by atoms with Gasteiger partial charge in [-0.2, -0.15) is 13.2 Å². The van der Waals surface area contributed by atoms with Crippen LogP contribution < -0.4 is 10.6 Å². The van der Waals surface area contributed by atoms with Crippen LogP contribution in [0.4, 0.5) is 18.9 Å². The molecule has 7 heteroatoms. The quantitative estimate of drug-likeness (QED) is 0.890. The van der Waals surface area contributed by atoms with Crippen molar-refractivity contribution < 1.29 is 18.0 Å². The van der Waals surface area contributed by atoms with E-state index in [-0.39, 0.29) is 23.2 Å². The standard InChI is InChI=1S/C11H12ClF3N2O/c1-2-16-10(18)6-17-7-3-4-9(12)8(5-7)11(13,14)15/h3-5,17H,2,6H2,1H3,(H,16,18). The van der Waals surface area contributed by atoms with Crippen molar-refractivity contribution in [2.24, 2.45) is 0 Å². The Morgan fingerprint density at radius 3 is 2.61 bits per heavy atom. The van der Waals surface area contributed by atoms with E-state index in [0.717, 1.165) is 12.1 Å². The van der Waals surface area contributed by atoms with E-state index >= 15 is 0 Å². The molecule has 1 rings (SSSR count). The molecule has 0 saturated heterocycles. The Morgan fingerprint density at radius 2 is 2.06 bits per heavy atom. The molecule has 0 spiro atoms. The van der Waals surface area contributed by atoms with Crippen molar-refractivity contribution in [2.75, 3.05) is 18.4 Å². The predicted octanol–water partition coefficient (Wildman–Crippen LogP) is 2.91. The number of carbonyl (C=O) groups excluding carboxylic acids is 1. The summed E-state index contributed by atoms with van der Waals surface area (Å²) in [6.07, 6.45) is -4.51. The Kier molecular flexibility index (Phi) is 4.84. The molecule has 2 N–H and O–H groups in total. The molecule has 0 radical (unpaired) electrons. The number of rotatable bonds is 4. The molecule has 0 saturated carbocycles. The molecule has 0 fully saturated rings. The first-order valence-electron chi connectivity index (χ1n) is 5.22. The number of hydrogen-bond donors (Lipinski definition) is 2. The average molecular weight is 281 g/mol. The second-order valence-corrected chi connectivity index (χ2v) is 3.91. The Labute approximate surface area is 107 Å². The number of alkyl halides is 3. The summed E-state index contributed by atoms with van der Waals surface area (Å²) in [5.41, 5.74) is -0.733. The summed E-state index contributed by atoms with van der Waals surface area (Å²) in [5, 5.41) is 4.75. The van der Waals surface area contributed by atoms with E-state index in [4.69, 9.17) is 11.6 Å². The van der Waals surface area contributed by atoms with Crippen LogP contribution in [0.1, 0.15) is 12.5 Å². The smallest absolute Gasteiger partial charge is 0.376 e. The van der Waals surface area contributed by atoms with Crippen LogP contribution in [-0.2, 0) is 11.0 Å². The summed E-state index contributed by atoms with van der Waals surface area (Å²) in [7, 11) is 0.